The smallest absolute Gasteiger partial charge is 0.335 e. The van der Waals surface area contributed by atoms with E-state index in [-0.39, 0.29) is 146 Å². The fraction of sp³-hybridized carbons (Fsp3) is 0.346. The second kappa shape index (κ2) is 34.2. The van der Waals surface area contributed by atoms with Crippen LogP contribution < -0.4 is 39.1 Å². The summed E-state index contributed by atoms with van der Waals surface area (Å²) in [7, 11) is 0. The summed E-state index contributed by atoms with van der Waals surface area (Å²) in [6.07, 6.45) is 8.24. The van der Waals surface area contributed by atoms with Gasteiger partial charge in [0.2, 0.25) is 0 Å². The minimum atomic E-state index is -1.55. The molecular formula is C104H108N4O14. The molecule has 18 nitrogen and oxygen atoms in total. The molecule has 18 heteroatoms. The van der Waals surface area contributed by atoms with Gasteiger partial charge in [0.05, 0.1) is 22.3 Å². The Hall–Kier alpha value is -12.4. The third-order valence-electron chi connectivity index (χ3n) is 25.5. The minimum Gasteiger partial charge on any atom is -0.456 e. The van der Waals surface area contributed by atoms with E-state index in [1.807, 2.05) is 90.1 Å². The van der Waals surface area contributed by atoms with Crippen molar-refractivity contribution in [2.24, 2.45) is 23.7 Å². The summed E-state index contributed by atoms with van der Waals surface area (Å²) in [5.41, 5.74) is 8.18. The number of nitrogens with one attached hydrogen (secondary N) is 2. The summed E-state index contributed by atoms with van der Waals surface area (Å²) < 4.78 is 43.3. The lowest BCUT2D eigenvalue weighted by atomic mass is 9.76. The Labute approximate surface area is 713 Å². The highest BCUT2D eigenvalue weighted by Crippen LogP contribution is 2.59. The van der Waals surface area contributed by atoms with E-state index in [0.29, 0.717) is 60.1 Å². The zero-order valence-corrected chi connectivity index (χ0v) is 72.7. The molecule has 11 aromatic rings. The van der Waals surface area contributed by atoms with Crippen LogP contribution >= 0.6 is 0 Å². The van der Waals surface area contributed by atoms with Gasteiger partial charge >= 0.3 is 11.9 Å². The van der Waals surface area contributed by atoms with Crippen LogP contribution in [-0.2, 0) is 19.2 Å². The second-order valence-electron chi connectivity index (χ2n) is 35.5. The van der Waals surface area contributed by atoms with Crippen LogP contribution in [0.4, 0.5) is 11.4 Å². The van der Waals surface area contributed by atoms with Crippen LogP contribution in [0.5, 0.6) is 57.5 Å². The van der Waals surface area contributed by atoms with Gasteiger partial charge in [0.25, 0.3) is 35.4 Å². The van der Waals surface area contributed by atoms with Gasteiger partial charge in [0.1, 0.15) is 69.6 Å². The SMILES string of the molecule is C=C(C)C(=O)Nc1cccc(OC(=O)C(C(C)C2CCCCC2)N2C(=O)c3cc(Oc4ccc(C(C)C)cc4C)c4c5c(Oc6ccc(C(C)C)cc6C)cc6c7c(cc(Oc8ccc(C(C)C)cc8C)c(c8c(Oc9ccc(C(C)C)cc9C)cc(c3c48)C2=O)c75)C(=O)N(C(C(=O)Oc2cccc(NC(=O)C(=C)C)c2)C(C)C2CCCCC2)C6=O)c1. The summed E-state index contributed by atoms with van der Waals surface area (Å²) in [4.78, 5) is 129. The number of nitrogens with zero attached hydrogens (tertiary/aromatic N) is 2. The molecule has 2 aliphatic carbocycles. The largest absolute Gasteiger partial charge is 0.456 e. The average Bonchev–Trinajstić information content (AvgIpc) is 0.667. The molecule has 0 radical (unpaired) electrons. The molecule has 0 saturated heterocycles. The molecular weight excluding hydrogens is 1530 g/mol. The molecule has 4 atom stereocenters. The van der Waals surface area contributed by atoms with Gasteiger partial charge < -0.3 is 39.1 Å². The molecule has 122 heavy (non-hydrogen) atoms. The number of imide groups is 2. The molecule has 0 aromatic heterocycles. The summed E-state index contributed by atoms with van der Waals surface area (Å²) >= 11 is 0. The topological polar surface area (TPSA) is 222 Å². The van der Waals surface area contributed by atoms with Crippen LogP contribution in [0.25, 0.3) is 43.1 Å². The Morgan fingerprint density at radius 3 is 0.861 bits per heavy atom. The first-order valence-electron chi connectivity index (χ1n) is 43.1. The predicted octanol–water partition coefficient (Wildman–Crippen LogP) is 25.2. The molecule has 6 amide bonds. The number of aryl methyl sites for hydroxylation is 4. The van der Waals surface area contributed by atoms with Gasteiger partial charge in [-0.2, -0.15) is 0 Å². The van der Waals surface area contributed by atoms with Crippen molar-refractivity contribution < 1.29 is 66.8 Å². The van der Waals surface area contributed by atoms with Crippen molar-refractivity contribution in [2.45, 2.75) is 211 Å². The number of carbonyl (C=O) groups excluding carboxylic acids is 8. The third kappa shape index (κ3) is 16.1. The van der Waals surface area contributed by atoms with Crippen LogP contribution in [0.15, 0.2) is 170 Å². The molecule has 0 spiro atoms. The lowest BCUT2D eigenvalue weighted by Crippen LogP contribution is -2.56. The summed E-state index contributed by atoms with van der Waals surface area (Å²) in [6, 6.07) is 39.9. The van der Waals surface area contributed by atoms with Crippen molar-refractivity contribution in [1.29, 1.82) is 0 Å². The molecule has 2 N–H and O–H groups in total. The monoisotopic (exact) mass is 1640 g/mol. The lowest BCUT2D eigenvalue weighted by Gasteiger charge is -2.40. The fourth-order valence-corrected chi connectivity index (χ4v) is 18.5. The van der Waals surface area contributed by atoms with Gasteiger partial charge in [-0.1, -0.05) is 207 Å². The number of fused-ring (bicyclic) bond motifs is 2. The second-order valence-corrected chi connectivity index (χ2v) is 35.5. The number of anilines is 2. The van der Waals surface area contributed by atoms with Gasteiger partial charge in [-0.3, -0.25) is 38.6 Å². The molecule has 2 heterocycles. The standard InChI is InChI=1S/C104H108N4O14/c1-53(2)67-35-39-79(59(13)43-67)119-83-49-75-87-76(100(112)107(99(75)111)95(63(17)65-27-21-19-22-28-65)103(115)117-73-33-25-31-71(47-73)105-97(109)57(9)10)51-85(121-81-41-37-69(55(5)6)45-61(81)15)91-92-86(122-82-42-38-70(56(7)8)46-62(82)16)52-78-88-77(50-84(90(94(88)92)89(83)93(87)91)120-80-40-36-68(54(3)4)44-60(80)14)101(113)108(102(78)114)96(64(18)66-29-23-20-24-30-66)104(116)118-74-34-26-32-72(48-74)106-98(110)58(11)12/h25-26,31-56,63-66,95-96H,9,11,19-24,27-30H2,1-8,10,12-18H3,(H,105,109)(H,106,110). The van der Waals surface area contributed by atoms with Gasteiger partial charge in [0, 0.05) is 77.7 Å². The van der Waals surface area contributed by atoms with E-state index in [4.69, 9.17) is 28.4 Å². The Morgan fingerprint density at radius 1 is 0.344 bits per heavy atom. The van der Waals surface area contributed by atoms with Crippen molar-refractivity contribution >= 4 is 102 Å². The maximum Gasteiger partial charge on any atom is 0.335 e. The molecule has 0 bridgehead atoms. The number of ether oxygens (including phenoxy) is 6. The Balaban J connectivity index is 1.08. The van der Waals surface area contributed by atoms with Crippen molar-refractivity contribution in [1.82, 2.24) is 9.80 Å². The summed E-state index contributed by atoms with van der Waals surface area (Å²) in [6.45, 7) is 39.2. The number of benzene rings is 11. The van der Waals surface area contributed by atoms with Crippen LogP contribution in [0, 0.1) is 51.4 Å². The van der Waals surface area contributed by atoms with E-state index in [2.05, 4.69) is 103 Å². The fourth-order valence-electron chi connectivity index (χ4n) is 18.5. The Bertz CT molecular complexity index is 5530. The average molecular weight is 1640 g/mol. The molecule has 4 unspecified atom stereocenters. The van der Waals surface area contributed by atoms with Crippen LogP contribution in [0.1, 0.15) is 257 Å². The molecule has 2 fully saturated rings. The van der Waals surface area contributed by atoms with Gasteiger partial charge in [0.15, 0.2) is 0 Å². The summed E-state index contributed by atoms with van der Waals surface area (Å²) in [5, 5.41) is 7.65. The Kier molecular flexibility index (Phi) is 23.7. The first kappa shape index (κ1) is 84.6. The number of amides is 6. The molecule has 15 rings (SSSR count). The highest BCUT2D eigenvalue weighted by Gasteiger charge is 2.51. The zero-order valence-electron chi connectivity index (χ0n) is 72.7. The van der Waals surface area contributed by atoms with E-state index < -0.39 is 71.3 Å². The predicted molar refractivity (Wildman–Crippen MR) is 480 cm³/mol. The van der Waals surface area contributed by atoms with E-state index in [0.717, 1.165) is 92.8 Å². The van der Waals surface area contributed by atoms with E-state index in [1.165, 1.54) is 12.1 Å². The van der Waals surface area contributed by atoms with Crippen molar-refractivity contribution in [2.75, 3.05) is 10.6 Å². The van der Waals surface area contributed by atoms with Crippen LogP contribution in [-0.4, -0.2) is 69.3 Å². The number of hydrogen-bond acceptors (Lipinski definition) is 14. The number of rotatable bonds is 26. The van der Waals surface area contributed by atoms with Gasteiger partial charge in [-0.25, -0.2) is 9.59 Å². The molecule has 4 aliphatic rings. The van der Waals surface area contributed by atoms with Crippen molar-refractivity contribution in [3.05, 3.63) is 237 Å². The molecule has 628 valence electrons. The van der Waals surface area contributed by atoms with Crippen molar-refractivity contribution in [3.63, 3.8) is 0 Å². The summed E-state index contributed by atoms with van der Waals surface area (Å²) in [5.74, 6) is -5.10. The maximum atomic E-state index is 17.2. The van der Waals surface area contributed by atoms with Crippen molar-refractivity contribution in [3.8, 4) is 57.5 Å². The van der Waals surface area contributed by atoms with E-state index in [1.54, 1.807) is 74.5 Å². The number of esters is 2. The quantitative estimate of drug-likeness (QED) is 0.0129. The zero-order chi connectivity index (χ0) is 86.9. The molecule has 2 aliphatic heterocycles. The third-order valence-corrected chi connectivity index (χ3v) is 25.5. The van der Waals surface area contributed by atoms with Gasteiger partial charge in [-0.15, -0.1) is 0 Å². The van der Waals surface area contributed by atoms with E-state index in [9.17, 15) is 9.59 Å². The minimum absolute atomic E-state index is 0.0122. The van der Waals surface area contributed by atoms with E-state index >= 15 is 28.8 Å². The maximum absolute atomic E-state index is 17.2. The first-order valence-corrected chi connectivity index (χ1v) is 43.1. The lowest BCUT2D eigenvalue weighted by molar-refractivity contribution is -0.142. The van der Waals surface area contributed by atoms with Crippen LogP contribution in [0.2, 0.25) is 0 Å². The Morgan fingerprint density at radius 2 is 0.615 bits per heavy atom. The normalized spacial score (nSPS) is 15.5. The highest BCUT2D eigenvalue weighted by molar-refractivity contribution is 6.45. The number of hydrogen-bond donors (Lipinski definition) is 2. The van der Waals surface area contributed by atoms with Crippen LogP contribution in [0.3, 0.4) is 0 Å². The first-order chi connectivity index (χ1) is 58.2. The molecule has 2 saturated carbocycles. The molecule has 11 aromatic carbocycles. The highest BCUT2D eigenvalue weighted by atomic mass is 16.5. The number of carbonyl (C=O) groups is 8. The van der Waals surface area contributed by atoms with Gasteiger partial charge in [-0.05, 0) is 206 Å².